The molecule has 8 nitrogen and oxygen atoms in total. The molecule has 2 heterocycles. The van der Waals surface area contributed by atoms with Crippen molar-refractivity contribution in [2.45, 2.75) is 17.9 Å². The highest BCUT2D eigenvalue weighted by molar-refractivity contribution is 7.98. The minimum absolute atomic E-state index is 0.362. The summed E-state index contributed by atoms with van der Waals surface area (Å²) >= 11 is 1.33. The molecule has 2 aromatic carbocycles. The van der Waals surface area contributed by atoms with Crippen LogP contribution in [-0.4, -0.2) is 34.6 Å². The van der Waals surface area contributed by atoms with Crippen molar-refractivity contribution in [3.05, 3.63) is 53.9 Å². The van der Waals surface area contributed by atoms with Gasteiger partial charge in [-0.25, -0.2) is 0 Å². The highest BCUT2D eigenvalue weighted by Crippen LogP contribution is 2.34. The lowest BCUT2D eigenvalue weighted by atomic mass is 10.1. The first kappa shape index (κ1) is 19.0. The summed E-state index contributed by atoms with van der Waals surface area (Å²) in [5.74, 6) is 3.10. The number of methoxy groups -OCH3 is 2. The van der Waals surface area contributed by atoms with Gasteiger partial charge in [0.25, 0.3) is 17.0 Å². The molecule has 0 spiro atoms. The van der Waals surface area contributed by atoms with Crippen molar-refractivity contribution >= 4 is 11.8 Å². The molecule has 0 amide bonds. The second-order valence-electron chi connectivity index (χ2n) is 6.11. The third kappa shape index (κ3) is 4.24. The van der Waals surface area contributed by atoms with Crippen LogP contribution in [0, 0.1) is 6.92 Å². The highest BCUT2D eigenvalue weighted by atomic mass is 32.2. The first-order valence-corrected chi connectivity index (χ1v) is 9.73. The van der Waals surface area contributed by atoms with E-state index in [1.54, 1.807) is 26.4 Å². The van der Waals surface area contributed by atoms with Crippen molar-refractivity contribution < 1.29 is 18.4 Å². The third-order valence-corrected chi connectivity index (χ3v) is 4.95. The van der Waals surface area contributed by atoms with Crippen molar-refractivity contribution in [2.24, 2.45) is 0 Å². The average Bonchev–Trinajstić information content (AvgIpc) is 3.42. The van der Waals surface area contributed by atoms with Crippen LogP contribution in [0.4, 0.5) is 0 Å². The Kier molecular flexibility index (Phi) is 5.48. The van der Waals surface area contributed by atoms with Gasteiger partial charge in [0.15, 0.2) is 5.82 Å². The van der Waals surface area contributed by atoms with E-state index in [0.29, 0.717) is 45.6 Å². The standard InChI is InChI=1S/C20H18N4O4S/c1-12-4-6-13(7-5-12)18-21-17(24-28-18)11-29-20-23-22-19(27-20)15-9-8-14(25-2)10-16(15)26-3/h4-10H,11H2,1-3H3. The lowest BCUT2D eigenvalue weighted by Crippen LogP contribution is -1.90. The number of rotatable bonds is 7. The van der Waals surface area contributed by atoms with E-state index in [-0.39, 0.29) is 0 Å². The molecule has 0 fully saturated rings. The number of aromatic nitrogens is 4. The molecule has 0 aliphatic heterocycles. The predicted octanol–water partition coefficient (Wildman–Crippen LogP) is 4.40. The maximum absolute atomic E-state index is 5.75. The zero-order chi connectivity index (χ0) is 20.2. The number of benzene rings is 2. The number of aryl methyl sites for hydroxylation is 1. The van der Waals surface area contributed by atoms with Crippen LogP contribution in [-0.2, 0) is 5.75 Å². The zero-order valence-electron chi connectivity index (χ0n) is 16.1. The molecule has 148 valence electrons. The van der Waals surface area contributed by atoms with Crippen molar-refractivity contribution in [1.82, 2.24) is 20.3 Å². The van der Waals surface area contributed by atoms with Gasteiger partial charge in [0, 0.05) is 11.6 Å². The van der Waals surface area contributed by atoms with Crippen molar-refractivity contribution in [3.63, 3.8) is 0 Å². The van der Waals surface area contributed by atoms with Crippen LogP contribution < -0.4 is 9.47 Å². The summed E-state index contributed by atoms with van der Waals surface area (Å²) in [6, 6.07) is 13.3. The summed E-state index contributed by atoms with van der Waals surface area (Å²) in [6.07, 6.45) is 0. The first-order chi connectivity index (χ1) is 14.2. The Bertz CT molecular complexity index is 1110. The molecule has 0 saturated heterocycles. The Hall–Kier alpha value is -3.33. The minimum atomic E-state index is 0.362. The highest BCUT2D eigenvalue weighted by Gasteiger charge is 2.16. The van der Waals surface area contributed by atoms with Crippen LogP contribution in [0.2, 0.25) is 0 Å². The van der Waals surface area contributed by atoms with E-state index in [1.165, 1.54) is 17.3 Å². The van der Waals surface area contributed by atoms with Gasteiger partial charge in [-0.15, -0.1) is 10.2 Å². The van der Waals surface area contributed by atoms with E-state index in [9.17, 15) is 0 Å². The molecule has 0 aliphatic rings. The zero-order valence-corrected chi connectivity index (χ0v) is 16.9. The van der Waals surface area contributed by atoms with Gasteiger partial charge in [0.05, 0.1) is 25.5 Å². The summed E-state index contributed by atoms with van der Waals surface area (Å²) in [5, 5.41) is 12.6. The van der Waals surface area contributed by atoms with E-state index in [4.69, 9.17) is 18.4 Å². The second-order valence-corrected chi connectivity index (χ2v) is 7.04. The molecule has 0 atom stereocenters. The molecule has 29 heavy (non-hydrogen) atoms. The molecule has 4 aromatic rings. The van der Waals surface area contributed by atoms with Crippen LogP contribution in [0.3, 0.4) is 0 Å². The number of hydrogen-bond donors (Lipinski definition) is 0. The average molecular weight is 410 g/mol. The molecule has 0 unspecified atom stereocenters. The first-order valence-electron chi connectivity index (χ1n) is 8.74. The van der Waals surface area contributed by atoms with Gasteiger partial charge in [-0.2, -0.15) is 4.98 Å². The lowest BCUT2D eigenvalue weighted by Gasteiger charge is -2.07. The van der Waals surface area contributed by atoms with Gasteiger partial charge in [-0.3, -0.25) is 0 Å². The van der Waals surface area contributed by atoms with Gasteiger partial charge >= 0.3 is 0 Å². The molecule has 0 aliphatic carbocycles. The van der Waals surface area contributed by atoms with Gasteiger partial charge < -0.3 is 18.4 Å². The Balaban J connectivity index is 1.45. The minimum Gasteiger partial charge on any atom is -0.497 e. The van der Waals surface area contributed by atoms with E-state index in [2.05, 4.69) is 20.3 Å². The molecule has 0 N–H and O–H groups in total. The second kappa shape index (κ2) is 8.36. The Labute approximate surface area is 171 Å². The third-order valence-electron chi connectivity index (χ3n) is 4.14. The summed E-state index contributed by atoms with van der Waals surface area (Å²) in [7, 11) is 3.17. The van der Waals surface area contributed by atoms with Crippen LogP contribution in [0.1, 0.15) is 11.4 Å². The fourth-order valence-electron chi connectivity index (χ4n) is 2.60. The van der Waals surface area contributed by atoms with E-state index < -0.39 is 0 Å². The largest absolute Gasteiger partial charge is 0.497 e. The number of hydrogen-bond acceptors (Lipinski definition) is 9. The van der Waals surface area contributed by atoms with E-state index >= 15 is 0 Å². The van der Waals surface area contributed by atoms with Crippen molar-refractivity contribution in [1.29, 1.82) is 0 Å². The maximum Gasteiger partial charge on any atom is 0.277 e. The van der Waals surface area contributed by atoms with E-state index in [1.807, 2.05) is 37.3 Å². The lowest BCUT2D eigenvalue weighted by molar-refractivity contribution is 0.393. The Morgan fingerprint density at radius 3 is 2.55 bits per heavy atom. The molecular weight excluding hydrogens is 392 g/mol. The van der Waals surface area contributed by atoms with Gasteiger partial charge in [-0.1, -0.05) is 34.6 Å². The summed E-state index contributed by atoms with van der Waals surface area (Å²) in [4.78, 5) is 4.41. The number of thioether (sulfide) groups is 1. The molecule has 2 aromatic heterocycles. The normalized spacial score (nSPS) is 10.9. The molecule has 0 saturated carbocycles. The summed E-state index contributed by atoms with van der Waals surface area (Å²) < 4.78 is 21.7. The molecule has 0 radical (unpaired) electrons. The van der Waals surface area contributed by atoms with Crippen LogP contribution in [0.25, 0.3) is 22.9 Å². The fraction of sp³-hybridized carbons (Fsp3) is 0.200. The van der Waals surface area contributed by atoms with Crippen LogP contribution in [0.15, 0.2) is 56.6 Å². The molecule has 9 heteroatoms. The van der Waals surface area contributed by atoms with Gasteiger partial charge in [-0.05, 0) is 31.2 Å². The molecular formula is C20H18N4O4S. The monoisotopic (exact) mass is 410 g/mol. The van der Waals surface area contributed by atoms with Gasteiger partial charge in [0.1, 0.15) is 11.5 Å². The maximum atomic E-state index is 5.75. The van der Waals surface area contributed by atoms with Crippen LogP contribution >= 0.6 is 11.8 Å². The van der Waals surface area contributed by atoms with Crippen LogP contribution in [0.5, 0.6) is 11.5 Å². The summed E-state index contributed by atoms with van der Waals surface area (Å²) in [6.45, 7) is 2.03. The number of nitrogens with zero attached hydrogens (tertiary/aromatic N) is 4. The van der Waals surface area contributed by atoms with E-state index in [0.717, 1.165) is 5.56 Å². The molecule has 0 bridgehead atoms. The van der Waals surface area contributed by atoms with Gasteiger partial charge in [0.2, 0.25) is 0 Å². The SMILES string of the molecule is COc1ccc(-c2nnc(SCc3noc(-c4ccc(C)cc4)n3)o2)c(OC)c1. The summed E-state index contributed by atoms with van der Waals surface area (Å²) in [5.41, 5.74) is 2.74. The predicted molar refractivity (Wildman–Crippen MR) is 107 cm³/mol. The number of ether oxygens (including phenoxy) is 2. The molecule has 4 rings (SSSR count). The fourth-order valence-corrected chi connectivity index (χ4v) is 3.21. The van der Waals surface area contributed by atoms with Crippen molar-refractivity contribution in [3.8, 4) is 34.4 Å². The quantitative estimate of drug-likeness (QED) is 0.411. The Morgan fingerprint density at radius 1 is 0.966 bits per heavy atom. The van der Waals surface area contributed by atoms with Crippen molar-refractivity contribution in [2.75, 3.05) is 14.2 Å². The Morgan fingerprint density at radius 2 is 1.79 bits per heavy atom. The smallest absolute Gasteiger partial charge is 0.277 e. The topological polar surface area (TPSA) is 96.3 Å².